The molecule has 0 aliphatic carbocycles. The highest BCUT2D eigenvalue weighted by atomic mass is 16.6. The molecule has 114 valence electrons. The second-order valence-corrected chi connectivity index (χ2v) is 4.23. The molecule has 0 fully saturated rings. The lowest BCUT2D eigenvalue weighted by molar-refractivity contribution is -0.137. The van der Waals surface area contributed by atoms with E-state index >= 15 is 0 Å². The maximum atomic E-state index is 11.9. The van der Waals surface area contributed by atoms with E-state index in [0.717, 1.165) is 0 Å². The average Bonchev–Trinajstić information content (AvgIpc) is 3.01. The van der Waals surface area contributed by atoms with Crippen LogP contribution in [-0.4, -0.2) is 29.9 Å². The van der Waals surface area contributed by atoms with Crippen molar-refractivity contribution in [1.29, 1.82) is 0 Å². The van der Waals surface area contributed by atoms with E-state index in [9.17, 15) is 19.5 Å². The first-order chi connectivity index (χ1) is 10.5. The monoisotopic (exact) mass is 304 g/mol. The fraction of sp³-hybridized carbons (Fsp3) is 0.133. The molecule has 1 heterocycles. The molecule has 0 spiro atoms. The predicted molar refractivity (Wildman–Crippen MR) is 72.7 cm³/mol. The van der Waals surface area contributed by atoms with Gasteiger partial charge in [0, 0.05) is 5.56 Å². The molecule has 0 radical (unpaired) electrons. The zero-order chi connectivity index (χ0) is 16.1. The number of phenolic OH excluding ortho intramolecular Hbond substituents is 1. The Balaban J connectivity index is 1.99. The third-order valence-electron chi connectivity index (χ3n) is 2.74. The molecule has 0 amide bonds. The molecule has 0 saturated heterocycles. The van der Waals surface area contributed by atoms with Gasteiger partial charge >= 0.3 is 11.9 Å². The minimum Gasteiger partial charge on any atom is -0.504 e. The number of carbonyl (C=O) groups is 3. The Kier molecular flexibility index (Phi) is 4.57. The van der Waals surface area contributed by atoms with Crippen molar-refractivity contribution in [2.75, 3.05) is 7.11 Å². The second kappa shape index (κ2) is 6.57. The molecule has 1 N–H and O–H groups in total. The van der Waals surface area contributed by atoms with E-state index in [1.165, 1.54) is 43.7 Å². The van der Waals surface area contributed by atoms with Gasteiger partial charge in [0.25, 0.3) is 0 Å². The van der Waals surface area contributed by atoms with Crippen LogP contribution in [0.2, 0.25) is 0 Å². The summed E-state index contributed by atoms with van der Waals surface area (Å²) in [7, 11) is 1.33. The van der Waals surface area contributed by atoms with Gasteiger partial charge in [0.15, 0.2) is 17.3 Å². The van der Waals surface area contributed by atoms with Crippen LogP contribution in [0, 0.1) is 0 Å². The van der Waals surface area contributed by atoms with Crippen molar-refractivity contribution < 1.29 is 33.4 Å². The zero-order valence-electron chi connectivity index (χ0n) is 11.6. The van der Waals surface area contributed by atoms with Gasteiger partial charge in [-0.3, -0.25) is 9.59 Å². The van der Waals surface area contributed by atoms with Crippen LogP contribution >= 0.6 is 0 Å². The number of methoxy groups -OCH3 is 1. The minimum absolute atomic E-state index is 0.103. The van der Waals surface area contributed by atoms with E-state index in [1.807, 2.05) is 0 Å². The lowest BCUT2D eigenvalue weighted by Crippen LogP contribution is -2.16. The Labute approximate surface area is 125 Å². The number of aromatic hydroxyl groups is 1. The van der Waals surface area contributed by atoms with Crippen LogP contribution in [0.1, 0.15) is 27.3 Å². The fourth-order valence-corrected chi connectivity index (χ4v) is 1.67. The molecule has 2 aromatic rings. The molecule has 2 rings (SSSR count). The lowest BCUT2D eigenvalue weighted by Gasteiger charge is -2.05. The summed E-state index contributed by atoms with van der Waals surface area (Å²) < 4.78 is 14.1. The maximum Gasteiger partial charge on any atom is 0.381 e. The quantitative estimate of drug-likeness (QED) is 0.511. The molecular formula is C15H12O7. The van der Waals surface area contributed by atoms with Crippen LogP contribution < -0.4 is 4.74 Å². The maximum absolute atomic E-state index is 11.9. The molecule has 0 atom stereocenters. The second-order valence-electron chi connectivity index (χ2n) is 4.23. The fourth-order valence-electron chi connectivity index (χ4n) is 1.67. The van der Waals surface area contributed by atoms with Gasteiger partial charge in [0.2, 0.25) is 5.76 Å². The van der Waals surface area contributed by atoms with Crippen LogP contribution in [0.5, 0.6) is 11.5 Å². The SMILES string of the molecule is COc1cc(C(=O)CC(=O)OC(=O)c2ccco2)ccc1O. The number of hydrogen-bond donors (Lipinski definition) is 1. The first-order valence-electron chi connectivity index (χ1n) is 6.20. The van der Waals surface area contributed by atoms with E-state index < -0.39 is 24.1 Å². The van der Waals surface area contributed by atoms with E-state index in [0.29, 0.717) is 0 Å². The van der Waals surface area contributed by atoms with Crippen LogP contribution in [0.15, 0.2) is 41.0 Å². The van der Waals surface area contributed by atoms with Crippen LogP contribution in [0.25, 0.3) is 0 Å². The summed E-state index contributed by atoms with van der Waals surface area (Å²) in [6.45, 7) is 0. The standard InChI is InChI=1S/C15H12O7/c1-20-13-7-9(4-5-10(13)16)11(17)8-14(18)22-15(19)12-3-2-6-21-12/h2-7,16H,8H2,1H3. The first-order valence-corrected chi connectivity index (χ1v) is 6.20. The number of ketones is 1. The Bertz CT molecular complexity index is 701. The summed E-state index contributed by atoms with van der Waals surface area (Å²) in [5.74, 6) is -2.70. The van der Waals surface area contributed by atoms with Gasteiger partial charge in [-0.05, 0) is 30.3 Å². The Hall–Kier alpha value is -3.09. The molecule has 0 aliphatic rings. The highest BCUT2D eigenvalue weighted by Crippen LogP contribution is 2.26. The number of phenols is 1. The molecule has 0 saturated carbocycles. The zero-order valence-corrected chi connectivity index (χ0v) is 11.6. The van der Waals surface area contributed by atoms with Crippen molar-refractivity contribution in [2.45, 2.75) is 6.42 Å². The molecule has 7 heteroatoms. The third kappa shape index (κ3) is 3.51. The summed E-state index contributed by atoms with van der Waals surface area (Å²) in [4.78, 5) is 35.0. The van der Waals surface area contributed by atoms with Crippen molar-refractivity contribution in [3.05, 3.63) is 47.9 Å². The smallest absolute Gasteiger partial charge is 0.381 e. The van der Waals surface area contributed by atoms with Crippen molar-refractivity contribution >= 4 is 17.7 Å². The van der Waals surface area contributed by atoms with E-state index in [2.05, 4.69) is 4.74 Å². The van der Waals surface area contributed by atoms with Gasteiger partial charge in [0.05, 0.1) is 13.4 Å². The summed E-state index contributed by atoms with van der Waals surface area (Å²) in [6.07, 6.45) is 0.634. The number of ether oxygens (including phenoxy) is 2. The Morgan fingerprint density at radius 2 is 2.00 bits per heavy atom. The van der Waals surface area contributed by atoms with Crippen LogP contribution in [0.4, 0.5) is 0 Å². The molecule has 22 heavy (non-hydrogen) atoms. The Morgan fingerprint density at radius 3 is 2.64 bits per heavy atom. The third-order valence-corrected chi connectivity index (χ3v) is 2.74. The lowest BCUT2D eigenvalue weighted by atomic mass is 10.1. The molecular weight excluding hydrogens is 292 g/mol. The van der Waals surface area contributed by atoms with Crippen molar-refractivity contribution in [3.63, 3.8) is 0 Å². The van der Waals surface area contributed by atoms with Crippen molar-refractivity contribution in [2.24, 2.45) is 0 Å². The highest BCUT2D eigenvalue weighted by Gasteiger charge is 2.19. The number of furan rings is 1. The molecule has 0 aliphatic heterocycles. The normalized spacial score (nSPS) is 10.0. The van der Waals surface area contributed by atoms with E-state index in [1.54, 1.807) is 0 Å². The number of carbonyl (C=O) groups excluding carboxylic acids is 3. The Morgan fingerprint density at radius 1 is 1.23 bits per heavy atom. The summed E-state index contributed by atoms with van der Waals surface area (Å²) in [5.41, 5.74) is 0.150. The molecule has 0 bridgehead atoms. The largest absolute Gasteiger partial charge is 0.504 e. The molecule has 7 nitrogen and oxygen atoms in total. The number of Topliss-reactive ketones (excluding diaryl/α,β-unsaturated/α-hetero) is 1. The number of benzene rings is 1. The topological polar surface area (TPSA) is 103 Å². The highest BCUT2D eigenvalue weighted by molar-refractivity contribution is 6.08. The number of esters is 2. The van der Waals surface area contributed by atoms with Crippen molar-refractivity contribution in [1.82, 2.24) is 0 Å². The minimum atomic E-state index is -1.00. The van der Waals surface area contributed by atoms with Crippen LogP contribution in [-0.2, 0) is 9.53 Å². The van der Waals surface area contributed by atoms with Gasteiger partial charge in [-0.25, -0.2) is 4.79 Å². The predicted octanol–water partition coefficient (Wildman–Crippen LogP) is 1.95. The summed E-state index contributed by atoms with van der Waals surface area (Å²) in [5, 5.41) is 9.44. The van der Waals surface area contributed by atoms with Gasteiger partial charge in [-0.2, -0.15) is 0 Å². The molecule has 1 aromatic heterocycles. The average molecular weight is 304 g/mol. The molecule has 1 aromatic carbocycles. The van der Waals surface area contributed by atoms with E-state index in [4.69, 9.17) is 9.15 Å². The van der Waals surface area contributed by atoms with Gasteiger partial charge in [-0.1, -0.05) is 0 Å². The van der Waals surface area contributed by atoms with E-state index in [-0.39, 0.29) is 22.8 Å². The van der Waals surface area contributed by atoms with Crippen molar-refractivity contribution in [3.8, 4) is 11.5 Å². The van der Waals surface area contributed by atoms with Gasteiger partial charge in [0.1, 0.15) is 6.42 Å². The van der Waals surface area contributed by atoms with Gasteiger partial charge < -0.3 is 19.0 Å². The number of rotatable bonds is 5. The molecule has 0 unspecified atom stereocenters. The summed E-state index contributed by atoms with van der Waals surface area (Å²) >= 11 is 0. The van der Waals surface area contributed by atoms with Gasteiger partial charge in [-0.15, -0.1) is 0 Å². The first kappa shape index (κ1) is 15.3. The summed E-state index contributed by atoms with van der Waals surface area (Å²) in [6, 6.07) is 6.70. The van der Waals surface area contributed by atoms with Crippen LogP contribution in [0.3, 0.4) is 0 Å². The number of hydrogen-bond acceptors (Lipinski definition) is 7.